The molecule has 2 unspecified atom stereocenters. The van der Waals surface area contributed by atoms with Crippen molar-refractivity contribution in [3.8, 4) is 0 Å². The Morgan fingerprint density at radius 1 is 0.643 bits per heavy atom. The van der Waals surface area contributed by atoms with Gasteiger partial charge in [-0.1, -0.05) is 60.7 Å². The molecule has 2 heteroatoms. The van der Waals surface area contributed by atoms with Gasteiger partial charge in [0.1, 0.15) is 0 Å². The Morgan fingerprint density at radius 2 is 1.04 bits per heavy atom. The molecule has 0 N–H and O–H groups in total. The first-order valence-electron chi connectivity index (χ1n) is 11.3. The molecule has 0 aromatic heterocycles. The van der Waals surface area contributed by atoms with Crippen LogP contribution in [0.3, 0.4) is 0 Å². The third-order valence-corrected chi connectivity index (χ3v) is 17.9. The molecule has 0 amide bonds. The van der Waals surface area contributed by atoms with E-state index in [2.05, 4.69) is 74.0 Å². The van der Waals surface area contributed by atoms with Crippen LogP contribution in [0.4, 0.5) is 0 Å². The maximum absolute atomic E-state index is 2.74. The fraction of sp³-hybridized carbons (Fsp3) is 0.538. The van der Waals surface area contributed by atoms with Crippen molar-refractivity contribution >= 4 is 14.5 Å². The van der Waals surface area contributed by atoms with Crippen molar-refractivity contribution in [2.24, 2.45) is 0 Å². The van der Waals surface area contributed by atoms with Crippen LogP contribution >= 0.6 is 14.5 Å². The fourth-order valence-electron chi connectivity index (χ4n) is 5.83. The molecule has 2 aromatic carbocycles. The van der Waals surface area contributed by atoms with Crippen molar-refractivity contribution in [1.82, 2.24) is 0 Å². The number of hydrogen-bond donors (Lipinski definition) is 0. The van der Waals surface area contributed by atoms with E-state index in [1.165, 1.54) is 38.5 Å². The number of hydrogen-bond acceptors (Lipinski definition) is 0. The largest absolute Gasteiger partial charge is 0.0929 e. The molecule has 0 radical (unpaired) electrons. The van der Waals surface area contributed by atoms with Gasteiger partial charge < -0.3 is 0 Å². The van der Waals surface area contributed by atoms with E-state index in [1.54, 1.807) is 35.8 Å². The van der Waals surface area contributed by atoms with E-state index in [0.29, 0.717) is 0 Å². The predicted octanol–water partition coefficient (Wildman–Crippen LogP) is 7.09. The van der Waals surface area contributed by atoms with Gasteiger partial charge in [-0.25, -0.2) is 0 Å². The summed E-state index contributed by atoms with van der Waals surface area (Å²) in [6.45, 7) is 5.48. The highest BCUT2D eigenvalue weighted by Crippen LogP contribution is 2.72. The third-order valence-electron chi connectivity index (χ3n) is 7.93. The van der Waals surface area contributed by atoms with Crippen LogP contribution in [0.15, 0.2) is 60.7 Å². The van der Waals surface area contributed by atoms with E-state index < -0.39 is 14.5 Å². The van der Waals surface area contributed by atoms with Crippen molar-refractivity contribution in [2.75, 3.05) is 38.0 Å². The molecule has 2 fully saturated rings. The smallest absolute Gasteiger partial charge is 0.0622 e. The van der Waals surface area contributed by atoms with Gasteiger partial charge in [-0.2, -0.15) is 0 Å². The summed E-state index contributed by atoms with van der Waals surface area (Å²) < 4.78 is 0. The van der Waals surface area contributed by atoms with Crippen LogP contribution < -0.4 is 0 Å². The number of rotatable bonds is 7. The summed E-state index contributed by atoms with van der Waals surface area (Å²) in [6, 6.07) is 22.6. The third kappa shape index (κ3) is 4.71. The summed E-state index contributed by atoms with van der Waals surface area (Å²) in [7, 11) is -1.54. The Labute approximate surface area is 174 Å². The molecule has 0 bridgehead atoms. The SMILES string of the molecule is C[P+]1(CC[P+]2(C)CCC[C@H]2Cc2ccccc2)CCC[C@H]1Cc1ccccc1. The van der Waals surface area contributed by atoms with Crippen LogP contribution in [0.5, 0.6) is 0 Å². The summed E-state index contributed by atoms with van der Waals surface area (Å²) in [5.74, 6) is 0. The van der Waals surface area contributed by atoms with Crippen LogP contribution in [0.1, 0.15) is 36.8 Å². The average Bonchev–Trinajstić information content (AvgIpc) is 3.26. The van der Waals surface area contributed by atoms with Crippen molar-refractivity contribution in [3.05, 3.63) is 71.8 Å². The Balaban J connectivity index is 1.40. The Bertz CT molecular complexity index is 678. The summed E-state index contributed by atoms with van der Waals surface area (Å²) in [4.78, 5) is 0. The first-order chi connectivity index (χ1) is 13.6. The lowest BCUT2D eigenvalue weighted by atomic mass is 10.1. The maximum atomic E-state index is 2.74. The molecule has 2 aliphatic heterocycles. The summed E-state index contributed by atoms with van der Waals surface area (Å²) >= 11 is 0. The van der Waals surface area contributed by atoms with Gasteiger partial charge in [-0.3, -0.25) is 0 Å². The minimum Gasteiger partial charge on any atom is -0.0622 e. The molecule has 0 nitrogen and oxygen atoms in total. The van der Waals surface area contributed by atoms with E-state index in [-0.39, 0.29) is 0 Å². The first kappa shape index (κ1) is 20.6. The van der Waals surface area contributed by atoms with Crippen LogP contribution in [0, 0.1) is 0 Å². The molecule has 4 rings (SSSR count). The summed E-state index contributed by atoms with van der Waals surface area (Å²) in [5.41, 5.74) is 5.14. The van der Waals surface area contributed by atoms with Gasteiger partial charge in [0.25, 0.3) is 0 Å². The topological polar surface area (TPSA) is 0 Å². The fourth-order valence-corrected chi connectivity index (χ4v) is 16.1. The molecular weight excluding hydrogens is 374 g/mol. The second-order valence-electron chi connectivity index (χ2n) is 9.82. The molecule has 28 heavy (non-hydrogen) atoms. The standard InChI is InChI=1S/C26H38P2/c1-27(17-9-15-25(27)21-23-11-5-3-6-12-23)19-20-28(2)18-10-16-26(28)22-24-13-7-4-8-14-24/h3-8,11-14,25-26H,9-10,15-22H2,1-2H3/q+2/t25-,26-,27?,28?/m0/s1. The minimum absolute atomic E-state index is 0.772. The highest BCUT2D eigenvalue weighted by molar-refractivity contribution is 7.79. The van der Waals surface area contributed by atoms with Gasteiger partial charge in [0.2, 0.25) is 0 Å². The Kier molecular flexibility index (Phi) is 6.60. The monoisotopic (exact) mass is 412 g/mol. The zero-order valence-electron chi connectivity index (χ0n) is 17.9. The van der Waals surface area contributed by atoms with Gasteiger partial charge in [0, 0.05) is 40.7 Å². The molecule has 2 saturated heterocycles. The van der Waals surface area contributed by atoms with Crippen LogP contribution in [0.25, 0.3) is 0 Å². The molecule has 0 saturated carbocycles. The zero-order chi connectivity index (χ0) is 19.5. The zero-order valence-corrected chi connectivity index (χ0v) is 19.7. The molecule has 2 heterocycles. The van der Waals surface area contributed by atoms with Crippen LogP contribution in [0.2, 0.25) is 0 Å². The van der Waals surface area contributed by atoms with Crippen molar-refractivity contribution in [1.29, 1.82) is 0 Å². The van der Waals surface area contributed by atoms with E-state index in [4.69, 9.17) is 0 Å². The summed E-state index contributed by atoms with van der Waals surface area (Å²) in [5, 5.41) is 0. The van der Waals surface area contributed by atoms with Crippen molar-refractivity contribution in [3.63, 3.8) is 0 Å². The second kappa shape index (κ2) is 8.98. The van der Waals surface area contributed by atoms with E-state index in [0.717, 1.165) is 11.3 Å². The molecule has 0 aliphatic carbocycles. The number of benzene rings is 2. The molecule has 2 aromatic rings. The second-order valence-corrected chi connectivity index (χ2v) is 19.0. The summed E-state index contributed by atoms with van der Waals surface area (Å²) in [6.07, 6.45) is 14.9. The highest BCUT2D eigenvalue weighted by atomic mass is 31.2. The van der Waals surface area contributed by atoms with Gasteiger partial charge >= 0.3 is 0 Å². The first-order valence-corrected chi connectivity index (χ1v) is 16.7. The molecule has 4 atom stereocenters. The highest BCUT2D eigenvalue weighted by Gasteiger charge is 2.51. The molecule has 0 spiro atoms. The van der Waals surface area contributed by atoms with Gasteiger partial charge in [-0.15, -0.1) is 0 Å². The lowest BCUT2D eigenvalue weighted by Crippen LogP contribution is -2.21. The Morgan fingerprint density at radius 3 is 1.43 bits per heavy atom. The molecule has 2 aliphatic rings. The normalized spacial score (nSPS) is 32.6. The van der Waals surface area contributed by atoms with Gasteiger partial charge in [0.15, 0.2) is 0 Å². The van der Waals surface area contributed by atoms with Crippen LogP contribution in [-0.4, -0.2) is 49.3 Å². The molecular formula is C26H38P2+2. The van der Waals surface area contributed by atoms with E-state index in [9.17, 15) is 0 Å². The predicted molar refractivity (Wildman–Crippen MR) is 131 cm³/mol. The molecule has 150 valence electrons. The van der Waals surface area contributed by atoms with E-state index >= 15 is 0 Å². The van der Waals surface area contributed by atoms with Crippen molar-refractivity contribution in [2.45, 2.75) is 49.8 Å². The van der Waals surface area contributed by atoms with Gasteiger partial charge in [0.05, 0.1) is 36.0 Å². The van der Waals surface area contributed by atoms with Crippen LogP contribution in [-0.2, 0) is 12.8 Å². The maximum Gasteiger partial charge on any atom is 0.0929 e. The van der Waals surface area contributed by atoms with E-state index in [1.807, 2.05) is 0 Å². The van der Waals surface area contributed by atoms with Crippen molar-refractivity contribution < 1.29 is 0 Å². The lowest BCUT2D eigenvalue weighted by molar-refractivity contribution is 0.769. The quantitative estimate of drug-likeness (QED) is 0.426. The van der Waals surface area contributed by atoms with Gasteiger partial charge in [-0.05, 0) is 36.8 Å². The lowest BCUT2D eigenvalue weighted by Gasteiger charge is -2.30. The minimum atomic E-state index is -0.772. The average molecular weight is 413 g/mol. The Hall–Kier alpha value is -0.700.